The first-order chi connectivity index (χ1) is 24.3. The third kappa shape index (κ3) is 8.34. The van der Waals surface area contributed by atoms with Gasteiger partial charge in [-0.1, -0.05) is 56.4 Å². The van der Waals surface area contributed by atoms with Gasteiger partial charge in [-0.05, 0) is 98.1 Å². The van der Waals surface area contributed by atoms with E-state index in [1.807, 2.05) is 23.6 Å². The van der Waals surface area contributed by atoms with Gasteiger partial charge in [0, 0.05) is 35.3 Å². The van der Waals surface area contributed by atoms with Crippen molar-refractivity contribution in [3.8, 4) is 11.5 Å². The van der Waals surface area contributed by atoms with Crippen molar-refractivity contribution in [2.75, 3.05) is 39.3 Å². The number of piperidine rings is 3. The smallest absolute Gasteiger partial charge is 0.405 e. The quantitative estimate of drug-likeness (QED) is 0.0638. The summed E-state index contributed by atoms with van der Waals surface area (Å²) in [6.45, 7) is 4.90. The Morgan fingerprint density at radius 1 is 1.00 bits per heavy atom. The molecule has 2 bridgehead atoms. The van der Waals surface area contributed by atoms with Crippen LogP contribution >= 0.6 is 11.3 Å². The summed E-state index contributed by atoms with van der Waals surface area (Å²) in [6, 6.07) is 18.4. The Balaban J connectivity index is 0.910. The Morgan fingerprint density at radius 3 is 2.50 bits per heavy atom. The Bertz CT molecular complexity index is 1760. The average molecular weight is 703 g/mol. The van der Waals surface area contributed by atoms with Crippen LogP contribution in [0.25, 0.3) is 10.9 Å². The molecule has 5 heterocycles. The Hall–Kier alpha value is -3.90. The van der Waals surface area contributed by atoms with Gasteiger partial charge >= 0.3 is 6.09 Å². The molecule has 0 radical (unpaired) electrons. The topological polar surface area (TPSA) is 147 Å². The molecule has 2 aromatic carbocycles. The van der Waals surface area contributed by atoms with Crippen molar-refractivity contribution in [2.45, 2.75) is 69.4 Å². The number of aliphatic hydroxyl groups excluding tert-OH is 1. The third-order valence-electron chi connectivity index (χ3n) is 10.6. The summed E-state index contributed by atoms with van der Waals surface area (Å²) in [4.78, 5) is 30.1. The number of unbranched alkanes of at least 4 members (excludes halogenated alkanes) is 6. The van der Waals surface area contributed by atoms with Crippen LogP contribution in [0.2, 0.25) is 0 Å². The van der Waals surface area contributed by atoms with Crippen molar-refractivity contribution in [1.82, 2.24) is 20.5 Å². The number of rotatable bonds is 18. The molecule has 0 spiro atoms. The summed E-state index contributed by atoms with van der Waals surface area (Å²) in [5.41, 5.74) is 0.855. The lowest BCUT2D eigenvalue weighted by Gasteiger charge is -2.53. The number of thiophene rings is 1. The van der Waals surface area contributed by atoms with Gasteiger partial charge in [-0.25, -0.2) is 4.79 Å². The average Bonchev–Trinajstić information content (AvgIpc) is 3.67. The molecule has 7 rings (SSSR count). The highest BCUT2D eigenvalue weighted by Gasteiger charge is 2.51. The van der Waals surface area contributed by atoms with Gasteiger partial charge in [-0.3, -0.25) is 4.79 Å². The van der Waals surface area contributed by atoms with Crippen LogP contribution in [0.3, 0.4) is 0 Å². The minimum absolute atomic E-state index is 0.0117. The van der Waals surface area contributed by atoms with E-state index in [-0.39, 0.29) is 17.2 Å². The van der Waals surface area contributed by atoms with Crippen molar-refractivity contribution in [2.24, 2.45) is 11.8 Å². The largest absolute Gasteiger partial charge is 0.506 e. The molecule has 50 heavy (non-hydrogen) atoms. The first kappa shape index (κ1) is 35.9. The van der Waals surface area contributed by atoms with Crippen molar-refractivity contribution < 1.29 is 24.9 Å². The maximum atomic E-state index is 12.3. The molecule has 0 saturated carbocycles. The number of hydrogen-bond acceptors (Lipinski definition) is 8. The number of H-pyrrole nitrogens is 1. The van der Waals surface area contributed by atoms with E-state index in [9.17, 15) is 24.9 Å². The molecule has 268 valence electrons. The first-order valence-corrected chi connectivity index (χ1v) is 19.0. The number of hydrogen-bond donors (Lipinski definition) is 6. The lowest BCUT2D eigenvalue weighted by atomic mass is 9.65. The van der Waals surface area contributed by atoms with E-state index in [0.717, 1.165) is 93.7 Å². The van der Waals surface area contributed by atoms with Gasteiger partial charge in [-0.15, -0.1) is 11.3 Å². The number of phenolic OH excluding ortho intramolecular Hbond substituents is 1. The van der Waals surface area contributed by atoms with Crippen LogP contribution in [-0.2, 0) is 5.54 Å². The fourth-order valence-electron chi connectivity index (χ4n) is 8.05. The highest BCUT2D eigenvalue weighted by Crippen LogP contribution is 2.48. The molecule has 10 nitrogen and oxygen atoms in total. The third-order valence-corrected chi connectivity index (χ3v) is 11.6. The van der Waals surface area contributed by atoms with E-state index in [2.05, 4.69) is 38.7 Å². The zero-order valence-electron chi connectivity index (χ0n) is 28.6. The molecule has 3 saturated heterocycles. The van der Waals surface area contributed by atoms with Gasteiger partial charge < -0.3 is 40.6 Å². The lowest BCUT2D eigenvalue weighted by Crippen LogP contribution is -2.61. The van der Waals surface area contributed by atoms with Gasteiger partial charge in [0.1, 0.15) is 17.0 Å². The molecule has 4 aromatic rings. The van der Waals surface area contributed by atoms with E-state index in [0.29, 0.717) is 35.5 Å². The number of aromatic nitrogens is 1. The molecular formula is C39H50N4O6S. The molecule has 1 amide bonds. The highest BCUT2D eigenvalue weighted by molar-refractivity contribution is 7.10. The van der Waals surface area contributed by atoms with Gasteiger partial charge in [0.15, 0.2) is 0 Å². The minimum Gasteiger partial charge on any atom is -0.506 e. The highest BCUT2D eigenvalue weighted by atomic mass is 32.1. The SMILES string of the molecule is O=C(O)NC(c1cccc(OCCCCCCCCCNC[C@H](O)c2ccc(O)c3[nH]c(=O)ccc23)c1)(c1cccs1)[C@H]1CN2CCC1CC2. The van der Waals surface area contributed by atoms with Crippen molar-refractivity contribution in [3.63, 3.8) is 0 Å². The monoisotopic (exact) mass is 702 g/mol. The number of carboxylic acid groups (broad SMARTS) is 1. The van der Waals surface area contributed by atoms with Crippen molar-refractivity contribution >= 4 is 28.3 Å². The fourth-order valence-corrected chi connectivity index (χ4v) is 9.02. The number of benzene rings is 2. The summed E-state index contributed by atoms with van der Waals surface area (Å²) in [5, 5.41) is 39.9. The molecule has 0 aliphatic carbocycles. The van der Waals surface area contributed by atoms with E-state index < -0.39 is 17.7 Å². The predicted molar refractivity (Wildman–Crippen MR) is 197 cm³/mol. The van der Waals surface area contributed by atoms with Gasteiger partial charge in [0.25, 0.3) is 0 Å². The normalized spacial score (nSPS) is 20.4. The zero-order chi connectivity index (χ0) is 34.9. The second-order valence-electron chi connectivity index (χ2n) is 13.8. The lowest BCUT2D eigenvalue weighted by molar-refractivity contribution is 0.00819. The number of carbonyl (C=O) groups is 1. The minimum atomic E-state index is -1.00. The Morgan fingerprint density at radius 2 is 1.78 bits per heavy atom. The van der Waals surface area contributed by atoms with Gasteiger partial charge in [-0.2, -0.15) is 0 Å². The second kappa shape index (κ2) is 16.9. The molecule has 3 aliphatic heterocycles. The molecule has 6 N–H and O–H groups in total. The summed E-state index contributed by atoms with van der Waals surface area (Å²) in [6.07, 6.45) is 8.12. The van der Waals surface area contributed by atoms with Crippen LogP contribution < -0.4 is 20.9 Å². The maximum Gasteiger partial charge on any atom is 0.405 e. The molecule has 3 aliphatic rings. The molecule has 11 heteroatoms. The number of amides is 1. The standard InChI is InChI=1S/C39H50N4O6S/c44-33-15-13-30(31-14-16-36(46)41-37(31)33)34(45)25-40-19-6-4-2-1-3-5-7-22-49-29-11-8-10-28(24-29)39(42-38(47)48,35-12-9-23-50-35)32-26-43-20-17-27(32)18-21-43/h8-16,23-24,27,32,34,40,42,44-45H,1-7,17-22,25-26H2,(H,41,46)(H,47,48)/t32-,34-,39?/m0/s1. The predicted octanol–water partition coefficient (Wildman–Crippen LogP) is 6.58. The fraction of sp³-hybridized carbons (Fsp3) is 0.487. The number of phenols is 1. The summed E-state index contributed by atoms with van der Waals surface area (Å²) in [7, 11) is 0. The summed E-state index contributed by atoms with van der Waals surface area (Å²) >= 11 is 1.62. The summed E-state index contributed by atoms with van der Waals surface area (Å²) in [5.74, 6) is 1.39. The zero-order valence-corrected chi connectivity index (χ0v) is 29.4. The number of fused-ring (bicyclic) bond motifs is 4. The van der Waals surface area contributed by atoms with Crippen LogP contribution in [0.15, 0.2) is 70.8 Å². The van der Waals surface area contributed by atoms with E-state index in [4.69, 9.17) is 4.74 Å². The van der Waals surface area contributed by atoms with Crippen molar-refractivity contribution in [3.05, 3.63) is 92.4 Å². The number of nitrogens with zero attached hydrogens (tertiary/aromatic N) is 1. The maximum absolute atomic E-state index is 12.3. The van der Waals surface area contributed by atoms with Crippen LogP contribution in [0.1, 0.15) is 79.9 Å². The molecule has 3 atom stereocenters. The van der Waals surface area contributed by atoms with Crippen LogP contribution in [0.4, 0.5) is 4.79 Å². The van der Waals surface area contributed by atoms with Gasteiger partial charge in [0.2, 0.25) is 5.56 Å². The Labute approximate surface area is 297 Å². The van der Waals surface area contributed by atoms with Crippen LogP contribution in [0.5, 0.6) is 11.5 Å². The molecular weight excluding hydrogens is 653 g/mol. The van der Waals surface area contributed by atoms with Crippen LogP contribution in [-0.4, -0.2) is 70.6 Å². The number of ether oxygens (including phenoxy) is 1. The molecule has 3 fully saturated rings. The van der Waals surface area contributed by atoms with E-state index in [1.54, 1.807) is 23.5 Å². The molecule has 1 unspecified atom stereocenters. The van der Waals surface area contributed by atoms with E-state index >= 15 is 0 Å². The van der Waals surface area contributed by atoms with Crippen LogP contribution in [0, 0.1) is 11.8 Å². The number of pyridine rings is 1. The van der Waals surface area contributed by atoms with Crippen molar-refractivity contribution in [1.29, 1.82) is 0 Å². The second-order valence-corrected chi connectivity index (χ2v) is 14.8. The molecule has 2 aromatic heterocycles. The van der Waals surface area contributed by atoms with E-state index in [1.165, 1.54) is 18.6 Å². The number of aromatic amines is 1. The first-order valence-electron chi connectivity index (χ1n) is 18.1. The summed E-state index contributed by atoms with van der Waals surface area (Å²) < 4.78 is 6.23. The number of aromatic hydroxyl groups is 1. The number of aliphatic hydroxyl groups is 1. The number of nitrogens with one attached hydrogen (secondary N) is 3. The Kier molecular flexibility index (Phi) is 12.1. The van der Waals surface area contributed by atoms with Gasteiger partial charge in [0.05, 0.1) is 18.2 Å².